The van der Waals surface area contributed by atoms with Crippen molar-refractivity contribution in [1.29, 1.82) is 0 Å². The van der Waals surface area contributed by atoms with E-state index in [9.17, 15) is 9.59 Å². The van der Waals surface area contributed by atoms with Gasteiger partial charge < -0.3 is 5.11 Å². The second-order valence-corrected chi connectivity index (χ2v) is 4.49. The molecular formula is C14H16ClNO3. The average molecular weight is 282 g/mol. The number of halogens is 1. The number of anilines is 1. The summed E-state index contributed by atoms with van der Waals surface area (Å²) >= 11 is 5.78. The predicted octanol–water partition coefficient (Wildman–Crippen LogP) is 3.11. The lowest BCUT2D eigenvalue weighted by atomic mass is 10.2. The van der Waals surface area contributed by atoms with Gasteiger partial charge in [0.15, 0.2) is 0 Å². The monoisotopic (exact) mass is 281 g/mol. The number of nitrogens with zero attached hydrogens (tertiary/aromatic N) is 1. The molecule has 1 amide bonds. The van der Waals surface area contributed by atoms with Crippen molar-refractivity contribution in [2.75, 3.05) is 11.4 Å². The Morgan fingerprint density at radius 2 is 1.89 bits per heavy atom. The van der Waals surface area contributed by atoms with Crippen molar-refractivity contribution < 1.29 is 14.7 Å². The summed E-state index contributed by atoms with van der Waals surface area (Å²) < 4.78 is 0. The molecule has 0 saturated carbocycles. The van der Waals surface area contributed by atoms with E-state index in [-0.39, 0.29) is 12.5 Å². The normalized spacial score (nSPS) is 11.2. The molecule has 4 nitrogen and oxygen atoms in total. The average Bonchev–Trinajstić information content (AvgIpc) is 2.36. The fourth-order valence-corrected chi connectivity index (χ4v) is 1.77. The number of benzene rings is 1. The summed E-state index contributed by atoms with van der Waals surface area (Å²) in [4.78, 5) is 24.3. The molecule has 1 aromatic carbocycles. The van der Waals surface area contributed by atoms with Crippen LogP contribution in [0.2, 0.25) is 5.02 Å². The summed E-state index contributed by atoms with van der Waals surface area (Å²) in [5.41, 5.74) is 1.04. The maximum Gasteiger partial charge on any atom is 0.323 e. The van der Waals surface area contributed by atoms with Gasteiger partial charge in [-0.3, -0.25) is 14.5 Å². The van der Waals surface area contributed by atoms with E-state index in [0.29, 0.717) is 16.3 Å². The minimum absolute atomic E-state index is 0.313. The summed E-state index contributed by atoms with van der Waals surface area (Å²) in [6, 6.07) is 6.50. The number of carboxylic acids is 1. The Balaban J connectivity index is 3.07. The number of aliphatic carboxylic acids is 1. The van der Waals surface area contributed by atoms with Gasteiger partial charge in [-0.2, -0.15) is 0 Å². The molecule has 19 heavy (non-hydrogen) atoms. The lowest BCUT2D eigenvalue weighted by molar-refractivity contribution is -0.136. The van der Waals surface area contributed by atoms with Crippen LogP contribution in [0.5, 0.6) is 0 Å². The number of amides is 1. The molecule has 1 aromatic rings. The fraction of sp³-hybridized carbons (Fsp3) is 0.286. The molecule has 0 radical (unpaired) electrons. The third-order valence-electron chi connectivity index (χ3n) is 2.52. The molecule has 102 valence electrons. The Morgan fingerprint density at radius 3 is 2.37 bits per heavy atom. The first kappa shape index (κ1) is 15.2. The van der Waals surface area contributed by atoms with Crippen LogP contribution in [-0.4, -0.2) is 23.5 Å². The molecule has 1 rings (SSSR count). The van der Waals surface area contributed by atoms with Crippen LogP contribution in [0.4, 0.5) is 5.69 Å². The minimum atomic E-state index is -1.06. The van der Waals surface area contributed by atoms with Crippen LogP contribution >= 0.6 is 11.6 Å². The summed E-state index contributed by atoms with van der Waals surface area (Å²) in [5.74, 6) is -1.38. The first-order valence-corrected chi connectivity index (χ1v) is 6.29. The number of allylic oxidation sites excluding steroid dienone is 1. The highest BCUT2D eigenvalue weighted by molar-refractivity contribution is 6.30. The van der Waals surface area contributed by atoms with Crippen molar-refractivity contribution in [1.82, 2.24) is 0 Å². The third kappa shape index (κ3) is 4.41. The van der Waals surface area contributed by atoms with Crippen LogP contribution in [0.3, 0.4) is 0 Å². The van der Waals surface area contributed by atoms with Crippen LogP contribution in [0.1, 0.15) is 20.3 Å². The van der Waals surface area contributed by atoms with Gasteiger partial charge in [0.1, 0.15) is 6.54 Å². The molecule has 0 fully saturated rings. The summed E-state index contributed by atoms with van der Waals surface area (Å²) in [6.45, 7) is 3.21. The van der Waals surface area contributed by atoms with Gasteiger partial charge in [-0.1, -0.05) is 24.6 Å². The molecule has 0 bridgehead atoms. The van der Waals surface area contributed by atoms with Crippen molar-refractivity contribution in [3.63, 3.8) is 0 Å². The third-order valence-corrected chi connectivity index (χ3v) is 2.78. The van der Waals surface area contributed by atoms with Crippen LogP contribution in [-0.2, 0) is 9.59 Å². The van der Waals surface area contributed by atoms with Gasteiger partial charge in [0, 0.05) is 16.3 Å². The van der Waals surface area contributed by atoms with E-state index in [0.717, 1.165) is 6.42 Å². The number of hydrogen-bond acceptors (Lipinski definition) is 2. The molecule has 0 aliphatic heterocycles. The van der Waals surface area contributed by atoms with Crippen molar-refractivity contribution in [3.8, 4) is 0 Å². The molecular weight excluding hydrogens is 266 g/mol. The van der Waals surface area contributed by atoms with Gasteiger partial charge >= 0.3 is 5.97 Å². The van der Waals surface area contributed by atoms with Gasteiger partial charge in [0.2, 0.25) is 0 Å². The molecule has 0 saturated heterocycles. The smallest absolute Gasteiger partial charge is 0.323 e. The van der Waals surface area contributed by atoms with E-state index in [4.69, 9.17) is 16.7 Å². The first-order chi connectivity index (χ1) is 8.95. The maximum absolute atomic E-state index is 12.2. The van der Waals surface area contributed by atoms with Gasteiger partial charge in [-0.15, -0.1) is 0 Å². The molecule has 0 aliphatic rings. The van der Waals surface area contributed by atoms with E-state index < -0.39 is 5.97 Å². The van der Waals surface area contributed by atoms with Gasteiger partial charge in [0.05, 0.1) is 0 Å². The van der Waals surface area contributed by atoms with Crippen LogP contribution < -0.4 is 4.90 Å². The van der Waals surface area contributed by atoms with Gasteiger partial charge in [0.25, 0.3) is 5.91 Å². The van der Waals surface area contributed by atoms with E-state index >= 15 is 0 Å². The second kappa shape index (κ2) is 6.95. The van der Waals surface area contributed by atoms with Gasteiger partial charge in [-0.05, 0) is 37.6 Å². The van der Waals surface area contributed by atoms with Crippen LogP contribution in [0, 0.1) is 0 Å². The number of rotatable bonds is 5. The summed E-state index contributed by atoms with van der Waals surface area (Å²) in [6.07, 6.45) is 2.49. The molecule has 1 N–H and O–H groups in total. The highest BCUT2D eigenvalue weighted by Gasteiger charge is 2.19. The second-order valence-electron chi connectivity index (χ2n) is 4.06. The largest absolute Gasteiger partial charge is 0.480 e. The lowest BCUT2D eigenvalue weighted by Gasteiger charge is -2.21. The van der Waals surface area contributed by atoms with Crippen molar-refractivity contribution in [2.45, 2.75) is 20.3 Å². The number of hydrogen-bond donors (Lipinski definition) is 1. The zero-order chi connectivity index (χ0) is 14.4. The Hall–Kier alpha value is -1.81. The van der Waals surface area contributed by atoms with Crippen LogP contribution in [0.15, 0.2) is 35.9 Å². The van der Waals surface area contributed by atoms with E-state index in [1.54, 1.807) is 37.3 Å². The quantitative estimate of drug-likeness (QED) is 0.844. The highest BCUT2D eigenvalue weighted by atomic mass is 35.5. The standard InChI is InChI=1S/C14H16ClNO3/c1-3-4-10(2)14(19)16(9-13(17)18)12-7-5-11(15)6-8-12/h4-8H,3,9H2,1-2H3,(H,17,18)/b10-4+. The van der Waals surface area contributed by atoms with Crippen molar-refractivity contribution in [2.24, 2.45) is 0 Å². The molecule has 0 atom stereocenters. The Morgan fingerprint density at radius 1 is 1.32 bits per heavy atom. The predicted molar refractivity (Wildman–Crippen MR) is 75.5 cm³/mol. The SMILES string of the molecule is CC/C=C(\C)C(=O)N(CC(=O)O)c1ccc(Cl)cc1. The number of carboxylic acid groups (broad SMARTS) is 1. The maximum atomic E-state index is 12.2. The first-order valence-electron chi connectivity index (χ1n) is 5.91. The molecule has 0 unspecified atom stereocenters. The molecule has 5 heteroatoms. The number of carbonyl (C=O) groups is 2. The van der Waals surface area contributed by atoms with E-state index in [2.05, 4.69) is 0 Å². The molecule has 0 heterocycles. The summed E-state index contributed by atoms with van der Waals surface area (Å²) in [5, 5.41) is 9.46. The van der Waals surface area contributed by atoms with Crippen LogP contribution in [0.25, 0.3) is 0 Å². The Kier molecular flexibility index (Phi) is 5.57. The highest BCUT2D eigenvalue weighted by Crippen LogP contribution is 2.19. The molecule has 0 aromatic heterocycles. The lowest BCUT2D eigenvalue weighted by Crippen LogP contribution is -2.36. The zero-order valence-corrected chi connectivity index (χ0v) is 11.6. The topological polar surface area (TPSA) is 57.6 Å². The molecule has 0 aliphatic carbocycles. The Labute approximate surface area is 117 Å². The van der Waals surface area contributed by atoms with E-state index in [1.807, 2.05) is 6.92 Å². The Bertz CT molecular complexity index is 494. The fourth-order valence-electron chi connectivity index (χ4n) is 1.64. The zero-order valence-electron chi connectivity index (χ0n) is 10.9. The van der Waals surface area contributed by atoms with Gasteiger partial charge in [-0.25, -0.2) is 0 Å². The van der Waals surface area contributed by atoms with E-state index in [1.165, 1.54) is 4.90 Å². The minimum Gasteiger partial charge on any atom is -0.480 e. The summed E-state index contributed by atoms with van der Waals surface area (Å²) in [7, 11) is 0. The molecule has 0 spiro atoms. The van der Waals surface area contributed by atoms with Crippen molar-refractivity contribution in [3.05, 3.63) is 40.9 Å². The van der Waals surface area contributed by atoms with Crippen molar-refractivity contribution >= 4 is 29.2 Å². The number of carbonyl (C=O) groups excluding carboxylic acids is 1.